The maximum Gasteiger partial charge on any atom is 0.259 e. The molecule has 0 atom stereocenters. The first-order chi connectivity index (χ1) is 9.69. The molecule has 0 fully saturated rings. The molecule has 0 aliphatic heterocycles. The van der Waals surface area contributed by atoms with Crippen molar-refractivity contribution in [2.24, 2.45) is 0 Å². The number of benzene rings is 2. The minimum Gasteiger partial charge on any atom is -0.507 e. The van der Waals surface area contributed by atoms with Crippen molar-refractivity contribution in [3.63, 3.8) is 0 Å². The number of hydrogen-bond acceptors (Lipinski definition) is 4. The highest BCUT2D eigenvalue weighted by molar-refractivity contribution is 5.80. The summed E-state index contributed by atoms with van der Waals surface area (Å²) in [6.07, 6.45) is 0. The molecule has 0 bridgehead atoms. The van der Waals surface area contributed by atoms with Gasteiger partial charge in [0.1, 0.15) is 11.6 Å². The van der Waals surface area contributed by atoms with Gasteiger partial charge < -0.3 is 15.2 Å². The van der Waals surface area contributed by atoms with E-state index in [1.54, 1.807) is 36.4 Å². The molecule has 0 amide bonds. The highest BCUT2D eigenvalue weighted by Gasteiger charge is 2.10. The normalized spacial score (nSPS) is 10.8. The third-order valence-corrected chi connectivity index (χ3v) is 3.11. The van der Waals surface area contributed by atoms with E-state index in [0.29, 0.717) is 22.0 Å². The molecule has 0 aliphatic rings. The monoisotopic (exact) mass is 268 g/mol. The second-order valence-corrected chi connectivity index (χ2v) is 4.44. The Bertz CT molecular complexity index is 840. The highest BCUT2D eigenvalue weighted by Crippen LogP contribution is 2.27. The van der Waals surface area contributed by atoms with Crippen molar-refractivity contribution in [2.75, 3.05) is 0 Å². The number of H-pyrrole nitrogens is 1. The minimum atomic E-state index is -0.264. The van der Waals surface area contributed by atoms with Crippen molar-refractivity contribution in [1.82, 2.24) is 9.97 Å². The fourth-order valence-electron chi connectivity index (χ4n) is 2.09. The molecule has 1 heterocycles. The Balaban J connectivity index is 2.27. The van der Waals surface area contributed by atoms with Gasteiger partial charge in [-0.05, 0) is 29.8 Å². The van der Waals surface area contributed by atoms with E-state index in [2.05, 4.69) is 9.97 Å². The van der Waals surface area contributed by atoms with E-state index >= 15 is 0 Å². The molecular formula is C15H12N2O3. The van der Waals surface area contributed by atoms with E-state index < -0.39 is 0 Å². The number of nitrogens with zero attached hydrogens (tertiary/aromatic N) is 1. The molecule has 1 aromatic heterocycles. The lowest BCUT2D eigenvalue weighted by Gasteiger charge is -2.07. The summed E-state index contributed by atoms with van der Waals surface area (Å²) in [5.74, 6) is 0.280. The summed E-state index contributed by atoms with van der Waals surface area (Å²) < 4.78 is 0. The summed E-state index contributed by atoms with van der Waals surface area (Å²) in [5, 5.41) is 19.5. The largest absolute Gasteiger partial charge is 0.507 e. The van der Waals surface area contributed by atoms with Gasteiger partial charge in [0.25, 0.3) is 5.56 Å². The van der Waals surface area contributed by atoms with Crippen LogP contribution in [0.15, 0.2) is 47.3 Å². The number of rotatable bonds is 2. The Labute approximate surface area is 114 Å². The van der Waals surface area contributed by atoms with Crippen LogP contribution in [0.2, 0.25) is 0 Å². The first-order valence-corrected chi connectivity index (χ1v) is 6.11. The van der Waals surface area contributed by atoms with Gasteiger partial charge in [-0.3, -0.25) is 4.79 Å². The van der Waals surface area contributed by atoms with Crippen molar-refractivity contribution in [1.29, 1.82) is 0 Å². The Morgan fingerprint density at radius 1 is 1.15 bits per heavy atom. The number of aromatic amines is 1. The van der Waals surface area contributed by atoms with E-state index in [0.717, 1.165) is 0 Å². The third kappa shape index (κ3) is 2.04. The smallest absolute Gasteiger partial charge is 0.259 e. The summed E-state index contributed by atoms with van der Waals surface area (Å²) in [5.41, 5.74) is 1.31. The van der Waals surface area contributed by atoms with E-state index in [4.69, 9.17) is 5.11 Å². The number of aromatic hydroxyl groups is 1. The van der Waals surface area contributed by atoms with Crippen LogP contribution >= 0.6 is 0 Å². The Kier molecular flexibility index (Phi) is 2.96. The van der Waals surface area contributed by atoms with E-state index in [9.17, 15) is 9.90 Å². The van der Waals surface area contributed by atoms with Crippen LogP contribution in [0, 0.1) is 0 Å². The number of aliphatic hydroxyl groups excluding tert-OH is 1. The standard InChI is InChI=1S/C15H12N2O3/c18-8-9-5-6-13(19)11(7-9)14-16-12-4-2-1-3-10(12)15(20)17-14/h1-7,18-19H,8H2,(H,16,17,20). The Morgan fingerprint density at radius 3 is 2.75 bits per heavy atom. The fourth-order valence-corrected chi connectivity index (χ4v) is 2.09. The lowest BCUT2D eigenvalue weighted by atomic mass is 10.1. The molecule has 100 valence electrons. The number of aliphatic hydroxyl groups is 1. The molecule has 0 unspecified atom stereocenters. The van der Waals surface area contributed by atoms with Crippen LogP contribution in [-0.4, -0.2) is 20.2 Å². The van der Waals surface area contributed by atoms with Gasteiger partial charge in [0.2, 0.25) is 0 Å². The molecule has 0 radical (unpaired) electrons. The number of phenolic OH excluding ortho intramolecular Hbond substituents is 1. The van der Waals surface area contributed by atoms with Gasteiger partial charge in [0, 0.05) is 0 Å². The average Bonchev–Trinajstić information content (AvgIpc) is 2.48. The molecule has 0 spiro atoms. The molecular weight excluding hydrogens is 256 g/mol. The number of phenols is 1. The van der Waals surface area contributed by atoms with Crippen molar-refractivity contribution in [2.45, 2.75) is 6.61 Å². The molecule has 3 rings (SSSR count). The first kappa shape index (κ1) is 12.4. The second kappa shape index (κ2) is 4.79. The Hall–Kier alpha value is -2.66. The van der Waals surface area contributed by atoms with Crippen molar-refractivity contribution in [3.8, 4) is 17.1 Å². The van der Waals surface area contributed by atoms with Crippen LogP contribution in [0.5, 0.6) is 5.75 Å². The first-order valence-electron chi connectivity index (χ1n) is 6.11. The predicted octanol–water partition coefficient (Wildman–Crippen LogP) is 1.79. The van der Waals surface area contributed by atoms with Gasteiger partial charge in [0.05, 0.1) is 23.1 Å². The lowest BCUT2D eigenvalue weighted by molar-refractivity contribution is 0.282. The zero-order valence-electron chi connectivity index (χ0n) is 10.5. The summed E-state index contributed by atoms with van der Waals surface area (Å²) in [6.45, 7) is -0.148. The van der Waals surface area contributed by atoms with Crippen molar-refractivity contribution in [3.05, 3.63) is 58.4 Å². The van der Waals surface area contributed by atoms with Gasteiger partial charge in [-0.25, -0.2) is 4.98 Å². The number of hydrogen-bond donors (Lipinski definition) is 3. The molecule has 0 saturated heterocycles. The highest BCUT2D eigenvalue weighted by atomic mass is 16.3. The van der Waals surface area contributed by atoms with Gasteiger partial charge in [-0.1, -0.05) is 18.2 Å². The van der Waals surface area contributed by atoms with E-state index in [1.807, 2.05) is 0 Å². The van der Waals surface area contributed by atoms with Gasteiger partial charge >= 0.3 is 0 Å². The SMILES string of the molecule is O=c1[nH]c(-c2cc(CO)ccc2O)nc2ccccc12. The minimum absolute atomic E-state index is 0.000584. The maximum atomic E-state index is 12.0. The summed E-state index contributed by atoms with van der Waals surface area (Å²) >= 11 is 0. The van der Waals surface area contributed by atoms with E-state index in [1.165, 1.54) is 6.07 Å². The quantitative estimate of drug-likeness (QED) is 0.661. The molecule has 0 saturated carbocycles. The van der Waals surface area contributed by atoms with Crippen LogP contribution in [0.4, 0.5) is 0 Å². The molecule has 2 aromatic carbocycles. The second-order valence-electron chi connectivity index (χ2n) is 4.44. The van der Waals surface area contributed by atoms with Crippen molar-refractivity contribution < 1.29 is 10.2 Å². The van der Waals surface area contributed by atoms with Crippen LogP contribution in [0.1, 0.15) is 5.56 Å². The number of nitrogens with one attached hydrogen (secondary N) is 1. The van der Waals surface area contributed by atoms with Crippen LogP contribution in [0.25, 0.3) is 22.3 Å². The number of para-hydroxylation sites is 1. The summed E-state index contributed by atoms with van der Waals surface area (Å²) in [4.78, 5) is 19.0. The van der Waals surface area contributed by atoms with Gasteiger partial charge in [0.15, 0.2) is 0 Å². The average molecular weight is 268 g/mol. The van der Waals surface area contributed by atoms with Gasteiger partial charge in [-0.2, -0.15) is 0 Å². The maximum absolute atomic E-state index is 12.0. The summed E-state index contributed by atoms with van der Waals surface area (Å²) in [6, 6.07) is 11.7. The van der Waals surface area contributed by atoms with E-state index in [-0.39, 0.29) is 23.7 Å². The topological polar surface area (TPSA) is 86.2 Å². The van der Waals surface area contributed by atoms with Crippen molar-refractivity contribution >= 4 is 10.9 Å². The molecule has 20 heavy (non-hydrogen) atoms. The lowest BCUT2D eigenvalue weighted by Crippen LogP contribution is -2.09. The molecule has 3 N–H and O–H groups in total. The summed E-state index contributed by atoms with van der Waals surface area (Å²) in [7, 11) is 0. The van der Waals surface area contributed by atoms with Crippen LogP contribution < -0.4 is 5.56 Å². The number of fused-ring (bicyclic) bond motifs is 1. The predicted molar refractivity (Wildman–Crippen MR) is 75.4 cm³/mol. The molecule has 5 nitrogen and oxygen atoms in total. The van der Waals surface area contributed by atoms with Gasteiger partial charge in [-0.15, -0.1) is 0 Å². The molecule has 0 aliphatic carbocycles. The fraction of sp³-hybridized carbons (Fsp3) is 0.0667. The van der Waals surface area contributed by atoms with Crippen LogP contribution in [-0.2, 0) is 6.61 Å². The third-order valence-electron chi connectivity index (χ3n) is 3.11. The molecule has 3 aromatic rings. The Morgan fingerprint density at radius 2 is 1.95 bits per heavy atom. The van der Waals surface area contributed by atoms with Crippen LogP contribution in [0.3, 0.4) is 0 Å². The number of aromatic nitrogens is 2. The molecule has 5 heteroatoms. The zero-order chi connectivity index (χ0) is 14.1. The zero-order valence-corrected chi connectivity index (χ0v) is 10.5.